The van der Waals surface area contributed by atoms with Crippen LogP contribution in [-0.4, -0.2) is 27.5 Å². The van der Waals surface area contributed by atoms with Crippen LogP contribution in [0.15, 0.2) is 48.5 Å². The SMILES string of the molecule is N[C@@H]1c2c(cc3ccc4cccc5ccc2c3c45)[C@@H](O)[C@H](O)[C@@H]1O. The van der Waals surface area contributed by atoms with Gasteiger partial charge in [-0.15, -0.1) is 0 Å². The van der Waals surface area contributed by atoms with Gasteiger partial charge in [0.1, 0.15) is 18.3 Å². The van der Waals surface area contributed by atoms with Gasteiger partial charge in [0.2, 0.25) is 0 Å². The Morgan fingerprint density at radius 3 is 2.17 bits per heavy atom. The topological polar surface area (TPSA) is 86.7 Å². The molecule has 0 radical (unpaired) electrons. The standard InChI is InChI=1S/C20H17NO3/c21-17-16-12-7-6-10-3-1-2-9-4-5-11(15(12)14(9)10)8-13(16)18(22)20(24)19(17)23/h1-8,17-20,22-24H,21H2/t17-,18-,19-,20+/m1/s1. The molecule has 1 aliphatic carbocycles. The van der Waals surface area contributed by atoms with Crippen LogP contribution in [0.3, 0.4) is 0 Å². The number of benzene rings is 4. The van der Waals surface area contributed by atoms with Crippen molar-refractivity contribution >= 4 is 32.3 Å². The molecule has 4 heteroatoms. The average molecular weight is 319 g/mol. The van der Waals surface area contributed by atoms with Crippen LogP contribution in [0.5, 0.6) is 0 Å². The van der Waals surface area contributed by atoms with Crippen molar-refractivity contribution in [1.82, 2.24) is 0 Å². The van der Waals surface area contributed by atoms with Crippen LogP contribution in [0, 0.1) is 0 Å². The lowest BCUT2D eigenvalue weighted by Crippen LogP contribution is -2.45. The van der Waals surface area contributed by atoms with Gasteiger partial charge in [-0.3, -0.25) is 0 Å². The number of rotatable bonds is 0. The molecule has 0 aliphatic heterocycles. The quantitative estimate of drug-likeness (QED) is 0.375. The third-order valence-corrected chi connectivity index (χ3v) is 5.41. The molecule has 4 aromatic carbocycles. The summed E-state index contributed by atoms with van der Waals surface area (Å²) in [5.41, 5.74) is 7.55. The molecule has 5 N–H and O–H groups in total. The Morgan fingerprint density at radius 2 is 1.42 bits per heavy atom. The smallest absolute Gasteiger partial charge is 0.112 e. The van der Waals surface area contributed by atoms with E-state index in [4.69, 9.17) is 5.73 Å². The van der Waals surface area contributed by atoms with E-state index in [1.165, 1.54) is 0 Å². The van der Waals surface area contributed by atoms with Gasteiger partial charge in [0, 0.05) is 0 Å². The third-order valence-electron chi connectivity index (χ3n) is 5.41. The van der Waals surface area contributed by atoms with E-state index in [1.807, 2.05) is 30.3 Å². The molecule has 120 valence electrons. The summed E-state index contributed by atoms with van der Waals surface area (Å²) in [6, 6.07) is 15.5. The minimum Gasteiger partial charge on any atom is -0.388 e. The predicted octanol–water partition coefficient (Wildman–Crippen LogP) is 2.35. The summed E-state index contributed by atoms with van der Waals surface area (Å²) >= 11 is 0. The Kier molecular flexibility index (Phi) is 2.74. The van der Waals surface area contributed by atoms with Crippen molar-refractivity contribution in [3.05, 3.63) is 59.7 Å². The highest BCUT2D eigenvalue weighted by Crippen LogP contribution is 2.44. The third kappa shape index (κ3) is 1.61. The zero-order valence-electron chi connectivity index (χ0n) is 12.8. The molecule has 0 fully saturated rings. The second-order valence-electron chi connectivity index (χ2n) is 6.69. The molecule has 4 aromatic rings. The van der Waals surface area contributed by atoms with E-state index in [-0.39, 0.29) is 0 Å². The van der Waals surface area contributed by atoms with E-state index in [9.17, 15) is 15.3 Å². The van der Waals surface area contributed by atoms with Gasteiger partial charge in [-0.25, -0.2) is 0 Å². The van der Waals surface area contributed by atoms with Crippen molar-refractivity contribution in [3.63, 3.8) is 0 Å². The molecular weight excluding hydrogens is 302 g/mol. The zero-order valence-corrected chi connectivity index (χ0v) is 12.8. The predicted molar refractivity (Wildman–Crippen MR) is 94.0 cm³/mol. The van der Waals surface area contributed by atoms with E-state index < -0.39 is 24.4 Å². The van der Waals surface area contributed by atoms with Crippen LogP contribution in [0.25, 0.3) is 32.3 Å². The molecule has 0 aromatic heterocycles. The summed E-state index contributed by atoms with van der Waals surface area (Å²) < 4.78 is 0. The monoisotopic (exact) mass is 319 g/mol. The van der Waals surface area contributed by atoms with Gasteiger partial charge in [0.25, 0.3) is 0 Å². The zero-order chi connectivity index (χ0) is 16.6. The number of nitrogens with two attached hydrogens (primary N) is 1. The van der Waals surface area contributed by atoms with Crippen LogP contribution >= 0.6 is 0 Å². The molecule has 5 rings (SSSR count). The number of aliphatic hydroxyl groups is 3. The van der Waals surface area contributed by atoms with Crippen LogP contribution in [0.2, 0.25) is 0 Å². The highest BCUT2D eigenvalue weighted by Gasteiger charge is 2.40. The van der Waals surface area contributed by atoms with Crippen LogP contribution < -0.4 is 5.73 Å². The van der Waals surface area contributed by atoms with Crippen molar-refractivity contribution in [1.29, 1.82) is 0 Å². The first kappa shape index (κ1) is 14.1. The molecule has 24 heavy (non-hydrogen) atoms. The summed E-state index contributed by atoms with van der Waals surface area (Å²) in [5.74, 6) is 0. The van der Waals surface area contributed by atoms with Gasteiger partial charge in [-0.2, -0.15) is 0 Å². The maximum Gasteiger partial charge on any atom is 0.112 e. The fourth-order valence-corrected chi connectivity index (χ4v) is 4.23. The lowest BCUT2D eigenvalue weighted by molar-refractivity contribution is -0.0793. The molecule has 4 nitrogen and oxygen atoms in total. The van der Waals surface area contributed by atoms with Crippen molar-refractivity contribution < 1.29 is 15.3 Å². The Hall–Kier alpha value is -2.24. The first-order valence-corrected chi connectivity index (χ1v) is 8.08. The molecule has 0 unspecified atom stereocenters. The fraction of sp³-hybridized carbons (Fsp3) is 0.200. The van der Waals surface area contributed by atoms with Crippen molar-refractivity contribution in [3.8, 4) is 0 Å². The van der Waals surface area contributed by atoms with Crippen LogP contribution in [0.1, 0.15) is 23.3 Å². The molecule has 0 heterocycles. The fourth-order valence-electron chi connectivity index (χ4n) is 4.23. The number of fused-ring (bicyclic) bond motifs is 2. The highest BCUT2D eigenvalue weighted by molar-refractivity contribution is 6.23. The summed E-state index contributed by atoms with van der Waals surface area (Å²) in [7, 11) is 0. The normalized spacial score (nSPS) is 27.2. The summed E-state index contributed by atoms with van der Waals surface area (Å²) in [6.07, 6.45) is -3.61. The first-order valence-electron chi connectivity index (χ1n) is 8.08. The molecule has 0 spiro atoms. The van der Waals surface area contributed by atoms with E-state index in [2.05, 4.69) is 18.2 Å². The van der Waals surface area contributed by atoms with Gasteiger partial charge < -0.3 is 21.1 Å². The van der Waals surface area contributed by atoms with Crippen molar-refractivity contribution in [2.75, 3.05) is 0 Å². The Bertz CT molecular complexity index is 1070. The molecular formula is C20H17NO3. The van der Waals surface area contributed by atoms with Gasteiger partial charge >= 0.3 is 0 Å². The molecule has 4 atom stereocenters. The number of aliphatic hydroxyl groups excluding tert-OH is 3. The summed E-state index contributed by atoms with van der Waals surface area (Å²) in [5, 5.41) is 37.2. The lowest BCUT2D eigenvalue weighted by atomic mass is 9.77. The van der Waals surface area contributed by atoms with Gasteiger partial charge in [-0.1, -0.05) is 42.5 Å². The number of hydrogen-bond acceptors (Lipinski definition) is 4. The van der Waals surface area contributed by atoms with E-state index >= 15 is 0 Å². The van der Waals surface area contributed by atoms with Gasteiger partial charge in [0.15, 0.2) is 0 Å². The molecule has 0 saturated carbocycles. The Morgan fingerprint density at radius 1 is 0.750 bits per heavy atom. The second kappa shape index (κ2) is 4.65. The molecule has 0 bridgehead atoms. The molecule has 0 saturated heterocycles. The minimum atomic E-state index is -1.28. The second-order valence-corrected chi connectivity index (χ2v) is 6.69. The van der Waals surface area contributed by atoms with E-state index in [0.29, 0.717) is 5.56 Å². The number of hydrogen-bond donors (Lipinski definition) is 4. The Balaban J connectivity index is 2.01. The highest BCUT2D eigenvalue weighted by atomic mass is 16.4. The van der Waals surface area contributed by atoms with Crippen molar-refractivity contribution in [2.45, 2.75) is 24.4 Å². The first-order chi connectivity index (χ1) is 11.6. The minimum absolute atomic E-state index is 0.603. The maximum atomic E-state index is 10.4. The molecule has 1 aliphatic rings. The van der Waals surface area contributed by atoms with Gasteiger partial charge in [0.05, 0.1) is 6.04 Å². The summed E-state index contributed by atoms with van der Waals surface area (Å²) in [4.78, 5) is 0. The largest absolute Gasteiger partial charge is 0.388 e. The Labute approximate surface area is 138 Å². The van der Waals surface area contributed by atoms with E-state index in [1.54, 1.807) is 0 Å². The van der Waals surface area contributed by atoms with Gasteiger partial charge in [-0.05, 0) is 49.5 Å². The van der Waals surface area contributed by atoms with Crippen LogP contribution in [0.4, 0.5) is 0 Å². The lowest BCUT2D eigenvalue weighted by Gasteiger charge is -2.36. The summed E-state index contributed by atoms with van der Waals surface area (Å²) in [6.45, 7) is 0. The van der Waals surface area contributed by atoms with Crippen LogP contribution in [-0.2, 0) is 0 Å². The van der Waals surface area contributed by atoms with Crippen molar-refractivity contribution in [2.24, 2.45) is 5.73 Å². The average Bonchev–Trinajstić information content (AvgIpc) is 2.62. The molecule has 0 amide bonds. The maximum absolute atomic E-state index is 10.4. The van der Waals surface area contributed by atoms with E-state index in [0.717, 1.165) is 37.9 Å².